The molecule has 17 aliphatic carbocycles. The summed E-state index contributed by atoms with van der Waals surface area (Å²) in [5.41, 5.74) is 9.97. The van der Waals surface area contributed by atoms with Crippen LogP contribution in [-0.4, -0.2) is 90.3 Å². The predicted octanol–water partition coefficient (Wildman–Crippen LogP) is 15.8. The lowest BCUT2D eigenvalue weighted by molar-refractivity contribution is -0.149. The van der Waals surface area contributed by atoms with Gasteiger partial charge in [0.05, 0.1) is 43.2 Å². The Morgan fingerprint density at radius 1 is 0.459 bits per heavy atom. The van der Waals surface area contributed by atoms with E-state index in [1.54, 1.807) is 0 Å². The zero-order valence-electron chi connectivity index (χ0n) is 61.3. The van der Waals surface area contributed by atoms with Crippen molar-refractivity contribution >= 4 is 29.7 Å². The SMILES string of the molecule is CCOC(=O)[C@@H]1CCc2c(c(C(=O)NC(C)C34CC5CC(CC(C5)C3)C4)nn2C2CCCCC2)C1.CCOC(=O)[C@H]1CCc2c(c(C(=O)NC(C)C34CC5CC(CC(C5)C3)C4)nn2C2CCCCC2)C1.C[C@@H]1[C@@H](NC(=O)c2nn(C3CCCCC3)c3c2CCCC3)C[C@H]2C[C@@H]1C2(C)C. The van der Waals surface area contributed by atoms with Gasteiger partial charge in [-0.3, -0.25) is 38.0 Å². The zero-order valence-corrected chi connectivity index (χ0v) is 61.3. The van der Waals surface area contributed by atoms with Gasteiger partial charge in [-0.05, 0) is 290 Å². The molecule has 538 valence electrons. The molecule has 16 nitrogen and oxygen atoms in total. The van der Waals surface area contributed by atoms with E-state index in [-0.39, 0.29) is 64.4 Å². The monoisotopic (exact) mass is 1350 g/mol. The maximum Gasteiger partial charge on any atom is 0.309 e. The molecule has 2 unspecified atom stereocenters. The molecule has 0 radical (unpaired) electrons. The number of nitrogens with one attached hydrogen (secondary N) is 3. The van der Waals surface area contributed by atoms with Crippen molar-refractivity contribution in [2.24, 2.45) is 81.3 Å². The summed E-state index contributed by atoms with van der Waals surface area (Å²) in [6, 6.07) is 1.96. The van der Waals surface area contributed by atoms with Crippen molar-refractivity contribution in [1.29, 1.82) is 0 Å². The molecule has 17 aliphatic rings. The van der Waals surface area contributed by atoms with Gasteiger partial charge in [0.25, 0.3) is 17.7 Å². The number of nitrogens with zero attached hydrogens (tertiary/aromatic N) is 6. The summed E-state index contributed by atoms with van der Waals surface area (Å²) >= 11 is 0. The summed E-state index contributed by atoms with van der Waals surface area (Å²) in [6.07, 6.45) is 46.0. The Bertz CT molecular complexity index is 3180. The van der Waals surface area contributed by atoms with Gasteiger partial charge in [0.15, 0.2) is 17.1 Å². The lowest BCUT2D eigenvalue weighted by Gasteiger charge is -2.62. The van der Waals surface area contributed by atoms with Crippen molar-refractivity contribution in [2.45, 2.75) is 335 Å². The first-order chi connectivity index (χ1) is 47.4. The molecular weight excluding hydrogens is 1220 g/mol. The van der Waals surface area contributed by atoms with E-state index < -0.39 is 0 Å². The van der Waals surface area contributed by atoms with Crippen molar-refractivity contribution in [3.8, 4) is 0 Å². The summed E-state index contributed by atoms with van der Waals surface area (Å²) < 4.78 is 17.4. The molecule has 20 rings (SSSR count). The lowest BCUT2D eigenvalue weighted by atomic mass is 9.45. The van der Waals surface area contributed by atoms with E-state index in [4.69, 9.17) is 24.8 Å². The molecule has 14 fully saturated rings. The Kier molecular flexibility index (Phi) is 19.9. The Hall–Kier alpha value is -5.02. The Labute approximate surface area is 586 Å². The minimum Gasteiger partial charge on any atom is -0.466 e. The first-order valence-electron chi connectivity index (χ1n) is 40.9. The van der Waals surface area contributed by atoms with Gasteiger partial charge < -0.3 is 25.4 Å². The maximum atomic E-state index is 13.8. The van der Waals surface area contributed by atoms with Crippen LogP contribution in [0.15, 0.2) is 0 Å². The third kappa shape index (κ3) is 13.2. The Morgan fingerprint density at radius 3 is 1.19 bits per heavy atom. The minimum absolute atomic E-state index is 0.0245. The molecule has 10 bridgehead atoms. The highest BCUT2D eigenvalue weighted by Gasteiger charge is 2.58. The van der Waals surface area contributed by atoms with Gasteiger partial charge in [0.2, 0.25) is 0 Å². The van der Waals surface area contributed by atoms with Gasteiger partial charge in [-0.15, -0.1) is 0 Å². The number of carbonyl (C=O) groups excluding carboxylic acids is 5. The highest BCUT2D eigenvalue weighted by molar-refractivity contribution is 5.96. The van der Waals surface area contributed by atoms with Crippen molar-refractivity contribution in [1.82, 2.24) is 45.3 Å². The first-order valence-corrected chi connectivity index (χ1v) is 40.9. The molecule has 3 aromatic rings. The summed E-state index contributed by atoms with van der Waals surface area (Å²) in [4.78, 5) is 66.1. The fraction of sp³-hybridized carbons (Fsp3) is 0.829. The van der Waals surface area contributed by atoms with Gasteiger partial charge in [-0.25, -0.2) is 0 Å². The number of rotatable bonds is 15. The second-order valence-electron chi connectivity index (χ2n) is 36.1. The van der Waals surface area contributed by atoms with Crippen molar-refractivity contribution in [3.63, 3.8) is 0 Å². The fourth-order valence-corrected chi connectivity index (χ4v) is 25.1. The van der Waals surface area contributed by atoms with E-state index in [9.17, 15) is 24.0 Å². The molecule has 3 aromatic heterocycles. The number of ether oxygens (including phenoxy) is 2. The van der Waals surface area contributed by atoms with E-state index in [1.165, 1.54) is 190 Å². The normalized spacial score (nSPS) is 34.8. The largest absolute Gasteiger partial charge is 0.466 e. The van der Waals surface area contributed by atoms with Gasteiger partial charge in [-0.2, -0.15) is 15.3 Å². The Morgan fingerprint density at radius 2 is 0.827 bits per heavy atom. The van der Waals surface area contributed by atoms with Crippen LogP contribution in [0.2, 0.25) is 0 Å². The van der Waals surface area contributed by atoms with Crippen LogP contribution in [0.1, 0.15) is 344 Å². The summed E-state index contributed by atoms with van der Waals surface area (Å²) in [5.74, 6) is 6.75. The predicted molar refractivity (Wildman–Crippen MR) is 379 cm³/mol. The highest BCUT2D eigenvalue weighted by atomic mass is 16.5. The number of hydrogen-bond donors (Lipinski definition) is 3. The number of carbonyl (C=O) groups is 5. The smallest absolute Gasteiger partial charge is 0.309 e. The molecule has 3 amide bonds. The van der Waals surface area contributed by atoms with Crippen LogP contribution < -0.4 is 16.0 Å². The van der Waals surface area contributed by atoms with E-state index in [0.717, 1.165) is 135 Å². The summed E-state index contributed by atoms with van der Waals surface area (Å²) in [5, 5.41) is 25.3. The van der Waals surface area contributed by atoms with E-state index in [1.807, 2.05) is 13.8 Å². The van der Waals surface area contributed by atoms with E-state index >= 15 is 0 Å². The lowest BCUT2D eigenvalue weighted by Crippen LogP contribution is -2.60. The molecule has 0 aromatic carbocycles. The second-order valence-corrected chi connectivity index (χ2v) is 36.1. The van der Waals surface area contributed by atoms with Gasteiger partial charge >= 0.3 is 11.9 Å². The average molecular weight is 1350 g/mol. The van der Waals surface area contributed by atoms with Crippen molar-refractivity contribution in [2.75, 3.05) is 13.2 Å². The third-order valence-electron chi connectivity index (χ3n) is 29.8. The van der Waals surface area contributed by atoms with Crippen molar-refractivity contribution < 1.29 is 33.4 Å². The molecule has 14 saturated carbocycles. The number of fused-ring (bicyclic) bond motifs is 5. The second kappa shape index (κ2) is 28.3. The van der Waals surface area contributed by atoms with Gasteiger partial charge in [0, 0.05) is 51.9 Å². The molecule has 0 saturated heterocycles. The average Bonchev–Trinajstić information content (AvgIpc) is 1.03. The molecule has 0 spiro atoms. The molecule has 3 heterocycles. The van der Waals surface area contributed by atoms with Crippen LogP contribution in [0.25, 0.3) is 0 Å². The zero-order chi connectivity index (χ0) is 67.8. The number of hydrogen-bond acceptors (Lipinski definition) is 10. The first kappa shape index (κ1) is 68.7. The molecule has 8 atom stereocenters. The van der Waals surface area contributed by atoms with Crippen LogP contribution in [0.3, 0.4) is 0 Å². The summed E-state index contributed by atoms with van der Waals surface area (Å²) in [6.45, 7) is 16.2. The van der Waals surface area contributed by atoms with Crippen molar-refractivity contribution in [3.05, 3.63) is 50.9 Å². The maximum absolute atomic E-state index is 13.8. The van der Waals surface area contributed by atoms with Gasteiger partial charge in [0.1, 0.15) is 0 Å². The van der Waals surface area contributed by atoms with Gasteiger partial charge in [-0.1, -0.05) is 78.6 Å². The standard InChI is InChI=1S/2C29H43N3O3.C24H37N3O/c2*1-3-35-28(34)22-9-10-25-24(14-22)26(31-32(25)23-7-5-4-6-8-23)27(33)30-18(2)29-15-19-11-20(16-29)13-21(12-19)17-29;1-15-19-13-16(24(19,2)3)14-20(15)25-23(28)22-18-11-7-8-12-21(18)27(26-22)17-9-5-4-6-10-17/h2*18-23H,3-17H2,1-2H3,(H,30,33);15-17,19-20H,4-14H2,1-3H3,(H,25,28)/t2*18?,19?,20?,21?,22-,29?;15-,16+,19-,20-/m100/s1. The van der Waals surface area contributed by atoms with Crippen LogP contribution in [0, 0.1) is 81.3 Å². The third-order valence-corrected chi connectivity index (χ3v) is 29.8. The summed E-state index contributed by atoms with van der Waals surface area (Å²) in [7, 11) is 0. The van der Waals surface area contributed by atoms with E-state index in [0.29, 0.717) is 72.9 Å². The molecule has 0 aliphatic heterocycles. The molecule has 98 heavy (non-hydrogen) atoms. The quantitative estimate of drug-likeness (QED) is 0.123. The minimum atomic E-state index is -0.168. The Balaban J connectivity index is 0.000000121. The highest BCUT2D eigenvalue weighted by Crippen LogP contribution is 2.64. The number of aromatic nitrogens is 6. The van der Waals surface area contributed by atoms with Crippen LogP contribution in [0.4, 0.5) is 0 Å². The molecular formula is C82H123N9O7. The van der Waals surface area contributed by atoms with E-state index in [2.05, 4.69) is 64.6 Å². The fourth-order valence-electron chi connectivity index (χ4n) is 25.1. The van der Waals surface area contributed by atoms with Crippen LogP contribution in [-0.2, 0) is 57.6 Å². The molecule has 16 heteroatoms. The number of amides is 3. The van der Waals surface area contributed by atoms with Crippen LogP contribution in [0.5, 0.6) is 0 Å². The van der Waals surface area contributed by atoms with Crippen LogP contribution >= 0.6 is 0 Å². The number of esters is 2. The molecule has 3 N–H and O–H groups in total. The topological polar surface area (TPSA) is 193 Å².